The average molecular weight is 405 g/mol. The number of fused-ring (bicyclic) bond motifs is 1. The minimum absolute atomic E-state index is 0. The van der Waals surface area contributed by atoms with E-state index in [9.17, 15) is 0 Å². The van der Waals surface area contributed by atoms with Gasteiger partial charge >= 0.3 is 21.7 Å². The Morgan fingerprint density at radius 3 is 2.20 bits per heavy atom. The molecule has 0 aliphatic rings. The molecule has 1 radical (unpaired) electrons. The minimum Gasteiger partial charge on any atom is -1.00 e. The summed E-state index contributed by atoms with van der Waals surface area (Å²) >= 11 is 0. The smallest absolute Gasteiger partial charge is 1.00 e. The summed E-state index contributed by atoms with van der Waals surface area (Å²) in [4.78, 5) is 4.67. The Morgan fingerprint density at radius 2 is 1.48 bits per heavy atom. The van der Waals surface area contributed by atoms with Gasteiger partial charge in [-0.15, -0.1) is 35.4 Å². The van der Waals surface area contributed by atoms with E-state index in [4.69, 9.17) is 0 Å². The van der Waals surface area contributed by atoms with E-state index in [1.54, 1.807) is 0 Å². The molecule has 25 heavy (non-hydrogen) atoms. The molecular formula is C21H20Cl2NTi. The van der Waals surface area contributed by atoms with Gasteiger partial charge in [-0.05, 0) is 23.1 Å². The molecule has 0 aliphatic heterocycles. The van der Waals surface area contributed by atoms with Crippen LogP contribution in [0.2, 0.25) is 0 Å². The third-order valence-electron chi connectivity index (χ3n) is 3.74. The van der Waals surface area contributed by atoms with Crippen molar-refractivity contribution in [2.24, 2.45) is 4.99 Å². The molecule has 0 unspecified atom stereocenters. The molecule has 0 bridgehead atoms. The van der Waals surface area contributed by atoms with E-state index < -0.39 is 0 Å². The number of hydrogen-bond donors (Lipinski definition) is 0. The number of aliphatic imine (C=N–C) groups is 1. The van der Waals surface area contributed by atoms with Gasteiger partial charge in [-0.25, -0.2) is 0 Å². The molecule has 4 heteroatoms. The Balaban J connectivity index is 0.00000192. The zero-order valence-electron chi connectivity index (χ0n) is 14.6. The molecule has 3 aromatic rings. The van der Waals surface area contributed by atoms with Gasteiger partial charge in [0.25, 0.3) is 0 Å². The number of halogens is 2. The molecule has 0 N–H and O–H groups in total. The molecular weight excluding hydrogens is 385 g/mol. The van der Waals surface area contributed by atoms with Crippen molar-refractivity contribution in [2.45, 2.75) is 26.2 Å². The van der Waals surface area contributed by atoms with Gasteiger partial charge in [0.05, 0.1) is 5.69 Å². The van der Waals surface area contributed by atoms with Crippen LogP contribution >= 0.6 is 0 Å². The van der Waals surface area contributed by atoms with Crippen molar-refractivity contribution in [3.8, 4) is 0 Å². The van der Waals surface area contributed by atoms with Crippen molar-refractivity contribution in [1.29, 1.82) is 0 Å². The molecule has 127 valence electrons. The second-order valence-corrected chi connectivity index (χ2v) is 6.53. The van der Waals surface area contributed by atoms with Crippen molar-refractivity contribution in [3.05, 3.63) is 77.9 Å². The molecule has 0 heterocycles. The van der Waals surface area contributed by atoms with Gasteiger partial charge in [-0.1, -0.05) is 57.2 Å². The van der Waals surface area contributed by atoms with Crippen LogP contribution in [0.4, 0.5) is 5.69 Å². The largest absolute Gasteiger partial charge is 3.00 e. The first-order chi connectivity index (χ1) is 10.5. The van der Waals surface area contributed by atoms with Crippen LogP contribution < -0.4 is 24.8 Å². The molecule has 0 fully saturated rings. The monoisotopic (exact) mass is 404 g/mol. The first kappa shape index (κ1) is 23.9. The van der Waals surface area contributed by atoms with Crippen molar-refractivity contribution in [3.63, 3.8) is 0 Å². The fourth-order valence-electron chi connectivity index (χ4n) is 2.46. The van der Waals surface area contributed by atoms with Gasteiger partial charge in [0, 0.05) is 5.39 Å². The van der Waals surface area contributed by atoms with Gasteiger partial charge < -0.3 is 29.8 Å². The second kappa shape index (κ2) is 10.1. The molecule has 3 rings (SSSR count). The fourth-order valence-corrected chi connectivity index (χ4v) is 2.46. The maximum absolute atomic E-state index is 4.67. The SMILES string of the molecule is CC(C)(C)c1[c-]c(C=Nc2cccc3ccccc23)ccc1.[Cl-].[Cl-].[Ti+3]. The summed E-state index contributed by atoms with van der Waals surface area (Å²) in [6, 6.07) is 24.2. The number of benzene rings is 3. The topological polar surface area (TPSA) is 12.4 Å². The zero-order chi connectivity index (χ0) is 15.6. The summed E-state index contributed by atoms with van der Waals surface area (Å²) < 4.78 is 0. The second-order valence-electron chi connectivity index (χ2n) is 6.53. The van der Waals surface area contributed by atoms with Crippen LogP contribution in [0.25, 0.3) is 10.8 Å². The number of nitrogens with zero attached hydrogens (tertiary/aromatic N) is 1. The van der Waals surface area contributed by atoms with Crippen LogP contribution in [-0.2, 0) is 27.1 Å². The first-order valence-electron chi connectivity index (χ1n) is 7.59. The van der Waals surface area contributed by atoms with E-state index in [1.807, 2.05) is 30.5 Å². The van der Waals surface area contributed by atoms with Crippen LogP contribution in [0.3, 0.4) is 0 Å². The number of hydrogen-bond acceptors (Lipinski definition) is 1. The van der Waals surface area contributed by atoms with Gasteiger partial charge in [-0.3, -0.25) is 0 Å². The van der Waals surface area contributed by atoms with E-state index in [0.717, 1.165) is 11.3 Å². The number of rotatable bonds is 2. The molecule has 0 amide bonds. The Hall–Kier alpha value is -1.12. The Labute approximate surface area is 177 Å². The molecule has 0 aromatic heterocycles. The van der Waals surface area contributed by atoms with Gasteiger partial charge in [0.15, 0.2) is 0 Å². The third-order valence-corrected chi connectivity index (χ3v) is 3.74. The average Bonchev–Trinajstić information content (AvgIpc) is 2.52. The van der Waals surface area contributed by atoms with Crippen LogP contribution in [0.1, 0.15) is 31.9 Å². The van der Waals surface area contributed by atoms with Crippen LogP contribution in [0.15, 0.2) is 65.7 Å². The van der Waals surface area contributed by atoms with Crippen LogP contribution in [-0.4, -0.2) is 6.21 Å². The molecule has 1 nitrogen and oxygen atoms in total. The molecule has 3 aromatic carbocycles. The van der Waals surface area contributed by atoms with Gasteiger partial charge in [0.2, 0.25) is 0 Å². The predicted molar refractivity (Wildman–Crippen MR) is 95.2 cm³/mol. The molecule has 0 spiro atoms. The van der Waals surface area contributed by atoms with Crippen molar-refractivity contribution < 1.29 is 46.5 Å². The standard InChI is InChI=1S/C21H20N.2ClH.Ti/c1-21(2,3)18-11-6-8-16(14-18)15-22-20-13-7-10-17-9-4-5-12-19(17)20;;;/h4-13,15H,1-3H3;2*1H;/q-1;;;+3/p-2. The molecule has 0 saturated carbocycles. The summed E-state index contributed by atoms with van der Waals surface area (Å²) in [5.74, 6) is 0. The normalized spacial score (nSPS) is 10.7. The maximum Gasteiger partial charge on any atom is 3.00 e. The van der Waals surface area contributed by atoms with E-state index in [0.29, 0.717) is 0 Å². The Bertz CT molecular complexity index is 833. The molecule has 0 saturated heterocycles. The summed E-state index contributed by atoms with van der Waals surface area (Å²) in [5, 5.41) is 2.39. The van der Waals surface area contributed by atoms with E-state index in [2.05, 4.69) is 68.2 Å². The molecule has 0 atom stereocenters. The Morgan fingerprint density at radius 1 is 0.840 bits per heavy atom. The van der Waals surface area contributed by atoms with Crippen LogP contribution in [0, 0.1) is 6.07 Å². The van der Waals surface area contributed by atoms with E-state index >= 15 is 0 Å². The molecule has 0 aliphatic carbocycles. The first-order valence-corrected chi connectivity index (χ1v) is 7.59. The van der Waals surface area contributed by atoms with Gasteiger partial charge in [0.1, 0.15) is 0 Å². The minimum atomic E-state index is 0. The summed E-state index contributed by atoms with van der Waals surface area (Å²) in [5.41, 5.74) is 3.31. The quantitative estimate of drug-likeness (QED) is 0.316. The van der Waals surface area contributed by atoms with E-state index in [1.165, 1.54) is 16.3 Å². The van der Waals surface area contributed by atoms with E-state index in [-0.39, 0.29) is 51.9 Å². The van der Waals surface area contributed by atoms with Crippen LogP contribution in [0.5, 0.6) is 0 Å². The Kier molecular flexibility index (Phi) is 9.68. The maximum atomic E-state index is 4.67. The fraction of sp³-hybridized carbons (Fsp3) is 0.190. The van der Waals surface area contributed by atoms with Crippen molar-refractivity contribution in [2.75, 3.05) is 0 Å². The van der Waals surface area contributed by atoms with Crippen molar-refractivity contribution in [1.82, 2.24) is 0 Å². The zero-order valence-corrected chi connectivity index (χ0v) is 17.6. The third kappa shape index (κ3) is 5.97. The summed E-state index contributed by atoms with van der Waals surface area (Å²) in [6.45, 7) is 6.60. The predicted octanol–water partition coefficient (Wildman–Crippen LogP) is -0.306. The van der Waals surface area contributed by atoms with Gasteiger partial charge in [-0.2, -0.15) is 0 Å². The van der Waals surface area contributed by atoms with Crippen molar-refractivity contribution >= 4 is 22.7 Å². The summed E-state index contributed by atoms with van der Waals surface area (Å²) in [7, 11) is 0. The summed E-state index contributed by atoms with van der Waals surface area (Å²) in [6.07, 6.45) is 1.90.